The van der Waals surface area contributed by atoms with Crippen LogP contribution in [0.1, 0.15) is 25.7 Å². The molecule has 3 fully saturated rings. The topological polar surface area (TPSA) is 83.5 Å². The van der Waals surface area contributed by atoms with Crippen LogP contribution in [-0.4, -0.2) is 34.5 Å². The molecule has 0 spiro atoms. The van der Waals surface area contributed by atoms with Gasteiger partial charge in [0.05, 0.1) is 6.10 Å². The van der Waals surface area contributed by atoms with E-state index in [0.29, 0.717) is 6.04 Å². The molecule has 3 aliphatic carbocycles. The van der Waals surface area contributed by atoms with Gasteiger partial charge in [-0.1, -0.05) is 0 Å². The summed E-state index contributed by atoms with van der Waals surface area (Å²) in [6.07, 6.45) is -0.379. The summed E-state index contributed by atoms with van der Waals surface area (Å²) in [7, 11) is 0. The van der Waals surface area contributed by atoms with E-state index in [0.717, 1.165) is 36.5 Å². The zero-order valence-electron chi connectivity index (χ0n) is 10.3. The molecule has 0 heterocycles. The summed E-state index contributed by atoms with van der Waals surface area (Å²) in [4.78, 5) is 8.90. The Labute approximate surface area is 108 Å². The van der Waals surface area contributed by atoms with Gasteiger partial charge in [0.15, 0.2) is 0 Å². The Morgan fingerprint density at radius 2 is 1.58 bits per heavy atom. The van der Waals surface area contributed by atoms with Gasteiger partial charge in [-0.15, -0.1) is 0 Å². The molecule has 19 heavy (non-hydrogen) atoms. The van der Waals surface area contributed by atoms with E-state index >= 15 is 0 Å². The van der Waals surface area contributed by atoms with Crippen molar-refractivity contribution in [2.45, 2.75) is 44.0 Å². The van der Waals surface area contributed by atoms with Gasteiger partial charge in [0.25, 0.3) is 0 Å². The molecule has 4 N–H and O–H groups in total. The summed E-state index contributed by atoms with van der Waals surface area (Å²) in [5, 5.41) is 16.7. The third kappa shape index (κ3) is 2.86. The first-order chi connectivity index (χ1) is 8.70. The fraction of sp³-hybridized carbons (Fsp3) is 0.917. The van der Waals surface area contributed by atoms with Crippen molar-refractivity contribution in [3.63, 3.8) is 0 Å². The third-order valence-electron chi connectivity index (χ3n) is 4.74. The molecule has 6 unspecified atom stereocenters. The molecule has 0 aromatic carbocycles. The molecule has 0 aliphatic heterocycles. The predicted octanol–water partition coefficient (Wildman–Crippen LogP) is 1.37. The second-order valence-electron chi connectivity index (χ2n) is 5.82. The minimum Gasteiger partial charge on any atom is -0.475 e. The first kappa shape index (κ1) is 14.6. The van der Waals surface area contributed by atoms with E-state index in [1.165, 1.54) is 12.8 Å². The van der Waals surface area contributed by atoms with E-state index in [4.69, 9.17) is 15.6 Å². The molecular weight excluding hydrogens is 263 g/mol. The standard InChI is InChI=1S/C10H17NO.C2HF3O2/c11-10-2-5-1-9(10)8-4-6(12)3-7(5)8;3-2(4,5)1(6)7/h5-10,12H,1-4,11H2;(H,6,7). The average Bonchev–Trinajstić information content (AvgIpc) is 2.87. The van der Waals surface area contributed by atoms with Crippen LogP contribution in [0.25, 0.3) is 0 Å². The molecule has 3 saturated carbocycles. The van der Waals surface area contributed by atoms with Gasteiger partial charge in [0.2, 0.25) is 0 Å². The summed E-state index contributed by atoms with van der Waals surface area (Å²) in [5.74, 6) is 0.496. The second-order valence-corrected chi connectivity index (χ2v) is 5.82. The first-order valence-electron chi connectivity index (χ1n) is 6.44. The van der Waals surface area contributed by atoms with Gasteiger partial charge in [0.1, 0.15) is 0 Å². The SMILES string of the molecule is NC1CC2CC1C1CC(O)CC21.O=C(O)C(F)(F)F. The maximum absolute atomic E-state index is 10.6. The molecule has 4 nitrogen and oxygen atoms in total. The van der Waals surface area contributed by atoms with Gasteiger partial charge in [-0.05, 0) is 49.4 Å². The molecule has 6 atom stereocenters. The molecule has 0 amide bonds. The molecule has 0 radical (unpaired) electrons. The molecule has 0 saturated heterocycles. The van der Waals surface area contributed by atoms with Crippen LogP contribution in [-0.2, 0) is 4.79 Å². The van der Waals surface area contributed by atoms with Crippen molar-refractivity contribution < 1.29 is 28.2 Å². The highest BCUT2D eigenvalue weighted by atomic mass is 19.4. The fourth-order valence-corrected chi connectivity index (χ4v) is 4.10. The van der Waals surface area contributed by atoms with Gasteiger partial charge in [-0.2, -0.15) is 13.2 Å². The first-order valence-corrected chi connectivity index (χ1v) is 6.44. The number of fused-ring (bicyclic) bond motifs is 5. The van der Waals surface area contributed by atoms with Crippen LogP contribution >= 0.6 is 0 Å². The lowest BCUT2D eigenvalue weighted by Crippen LogP contribution is -2.34. The Kier molecular flexibility index (Phi) is 3.79. The maximum atomic E-state index is 10.6. The quantitative estimate of drug-likeness (QED) is 0.626. The zero-order valence-corrected chi connectivity index (χ0v) is 10.3. The number of aliphatic carboxylic acids is 1. The number of carboxylic acid groups (broad SMARTS) is 1. The highest BCUT2D eigenvalue weighted by Crippen LogP contribution is 2.58. The van der Waals surface area contributed by atoms with Crippen LogP contribution in [0.4, 0.5) is 13.2 Å². The molecule has 2 bridgehead atoms. The van der Waals surface area contributed by atoms with Crippen molar-refractivity contribution in [1.29, 1.82) is 0 Å². The number of rotatable bonds is 0. The van der Waals surface area contributed by atoms with Crippen LogP contribution in [0.3, 0.4) is 0 Å². The van der Waals surface area contributed by atoms with E-state index in [1.807, 2.05) is 0 Å². The Morgan fingerprint density at radius 3 is 2.11 bits per heavy atom. The Morgan fingerprint density at radius 1 is 1.05 bits per heavy atom. The normalized spacial score (nSPS) is 43.6. The van der Waals surface area contributed by atoms with E-state index in [9.17, 15) is 18.3 Å². The van der Waals surface area contributed by atoms with Crippen molar-refractivity contribution in [1.82, 2.24) is 0 Å². The maximum Gasteiger partial charge on any atom is 0.490 e. The van der Waals surface area contributed by atoms with Crippen molar-refractivity contribution in [2.75, 3.05) is 0 Å². The number of carbonyl (C=O) groups is 1. The number of aliphatic hydroxyl groups excluding tert-OH is 1. The fourth-order valence-electron chi connectivity index (χ4n) is 4.10. The van der Waals surface area contributed by atoms with Crippen LogP contribution in [0.2, 0.25) is 0 Å². The number of hydrogen-bond donors (Lipinski definition) is 3. The number of hydrogen-bond acceptors (Lipinski definition) is 3. The summed E-state index contributed by atoms with van der Waals surface area (Å²) >= 11 is 0. The lowest BCUT2D eigenvalue weighted by Gasteiger charge is -2.28. The predicted molar refractivity (Wildman–Crippen MR) is 60.1 cm³/mol. The Bertz CT molecular complexity index is 357. The summed E-state index contributed by atoms with van der Waals surface area (Å²) in [6.45, 7) is 0. The molecule has 3 aliphatic rings. The monoisotopic (exact) mass is 281 g/mol. The van der Waals surface area contributed by atoms with Crippen molar-refractivity contribution in [3.8, 4) is 0 Å². The number of nitrogens with two attached hydrogens (primary N) is 1. The Hall–Kier alpha value is -0.820. The average molecular weight is 281 g/mol. The van der Waals surface area contributed by atoms with Crippen LogP contribution < -0.4 is 5.73 Å². The molecular formula is C12H18F3NO3. The second kappa shape index (κ2) is 4.94. The third-order valence-corrected chi connectivity index (χ3v) is 4.74. The molecule has 0 aromatic rings. The molecule has 3 rings (SSSR count). The highest BCUT2D eigenvalue weighted by molar-refractivity contribution is 5.73. The molecule has 7 heteroatoms. The van der Waals surface area contributed by atoms with Crippen molar-refractivity contribution >= 4 is 5.97 Å². The van der Waals surface area contributed by atoms with E-state index < -0.39 is 12.1 Å². The van der Waals surface area contributed by atoms with Crippen molar-refractivity contribution in [2.24, 2.45) is 29.4 Å². The van der Waals surface area contributed by atoms with Crippen LogP contribution in [0.15, 0.2) is 0 Å². The highest BCUT2D eigenvalue weighted by Gasteiger charge is 2.54. The lowest BCUT2D eigenvalue weighted by atomic mass is 9.79. The number of carboxylic acids is 1. The van der Waals surface area contributed by atoms with Crippen LogP contribution in [0, 0.1) is 23.7 Å². The summed E-state index contributed by atoms with van der Waals surface area (Å²) < 4.78 is 31.7. The van der Waals surface area contributed by atoms with Crippen LogP contribution in [0.5, 0.6) is 0 Å². The van der Waals surface area contributed by atoms with E-state index in [1.54, 1.807) is 0 Å². The van der Waals surface area contributed by atoms with Gasteiger partial charge in [-0.3, -0.25) is 0 Å². The smallest absolute Gasteiger partial charge is 0.475 e. The molecule has 110 valence electrons. The number of halogens is 3. The zero-order chi connectivity index (χ0) is 14.4. The minimum absolute atomic E-state index is 0.00407. The summed E-state index contributed by atoms with van der Waals surface area (Å²) in [5.41, 5.74) is 6.04. The van der Waals surface area contributed by atoms with Gasteiger partial charge >= 0.3 is 12.1 Å². The Balaban J connectivity index is 0.000000167. The molecule has 0 aromatic heterocycles. The lowest BCUT2D eigenvalue weighted by molar-refractivity contribution is -0.192. The van der Waals surface area contributed by atoms with Gasteiger partial charge < -0.3 is 15.9 Å². The van der Waals surface area contributed by atoms with Gasteiger partial charge in [0, 0.05) is 6.04 Å². The number of aliphatic hydroxyl groups is 1. The number of alkyl halides is 3. The van der Waals surface area contributed by atoms with E-state index in [2.05, 4.69) is 0 Å². The minimum atomic E-state index is -5.08. The largest absolute Gasteiger partial charge is 0.490 e. The van der Waals surface area contributed by atoms with E-state index in [-0.39, 0.29) is 6.10 Å². The van der Waals surface area contributed by atoms with Crippen molar-refractivity contribution in [3.05, 3.63) is 0 Å². The van der Waals surface area contributed by atoms with Gasteiger partial charge in [-0.25, -0.2) is 4.79 Å². The summed E-state index contributed by atoms with van der Waals surface area (Å²) in [6, 6.07) is 0.460.